The molecule has 38 heavy (non-hydrogen) atoms. The van der Waals surface area contributed by atoms with Crippen LogP contribution in [-0.2, 0) is 0 Å². The van der Waals surface area contributed by atoms with E-state index in [1.54, 1.807) is 21.9 Å². The van der Waals surface area contributed by atoms with Gasteiger partial charge < -0.3 is 20.0 Å². The van der Waals surface area contributed by atoms with Gasteiger partial charge in [-0.15, -0.1) is 0 Å². The molecule has 1 heterocycles. The van der Waals surface area contributed by atoms with Crippen molar-refractivity contribution in [2.24, 2.45) is 0 Å². The smallest absolute Gasteiger partial charge is 0.127 e. The molecular weight excluding hydrogens is 468 g/mol. The van der Waals surface area contributed by atoms with Crippen LogP contribution in [0.2, 0.25) is 0 Å². The molecule has 1 fully saturated rings. The summed E-state index contributed by atoms with van der Waals surface area (Å²) < 4.78 is 0. The number of phenolic OH excluding ortho intramolecular Hbond substituents is 2. The van der Waals surface area contributed by atoms with Crippen LogP contribution >= 0.6 is 0 Å². The van der Waals surface area contributed by atoms with Crippen molar-refractivity contribution in [2.45, 2.75) is 24.7 Å². The molecule has 4 heteroatoms. The molecule has 5 rings (SSSR count). The van der Waals surface area contributed by atoms with Crippen LogP contribution in [0.15, 0.2) is 109 Å². The van der Waals surface area contributed by atoms with Crippen LogP contribution < -0.4 is 9.80 Å². The highest BCUT2D eigenvalue weighted by Crippen LogP contribution is 2.34. The number of hydrogen-bond acceptors (Lipinski definition) is 2. The lowest BCUT2D eigenvalue weighted by molar-refractivity contribution is -1.01. The molecule has 0 amide bonds. The van der Waals surface area contributed by atoms with Crippen molar-refractivity contribution in [1.29, 1.82) is 0 Å². The summed E-state index contributed by atoms with van der Waals surface area (Å²) in [7, 11) is 0. The van der Waals surface area contributed by atoms with Gasteiger partial charge in [0.2, 0.25) is 0 Å². The van der Waals surface area contributed by atoms with E-state index >= 15 is 0 Å². The number of rotatable bonds is 10. The number of quaternary nitrogens is 2. The Balaban J connectivity index is 1.18. The van der Waals surface area contributed by atoms with Crippen molar-refractivity contribution >= 4 is 0 Å². The Morgan fingerprint density at radius 1 is 0.474 bits per heavy atom. The number of benzene rings is 4. The molecule has 4 aromatic rings. The van der Waals surface area contributed by atoms with E-state index in [4.69, 9.17) is 0 Å². The first-order chi connectivity index (χ1) is 18.7. The highest BCUT2D eigenvalue weighted by Gasteiger charge is 2.27. The van der Waals surface area contributed by atoms with Crippen molar-refractivity contribution in [3.63, 3.8) is 0 Å². The normalized spacial score (nSPS) is 19.1. The Morgan fingerprint density at radius 2 is 0.816 bits per heavy atom. The third-order valence-electron chi connectivity index (χ3n) is 8.27. The minimum atomic E-state index is 0.209. The maximum Gasteiger partial charge on any atom is 0.127 e. The highest BCUT2D eigenvalue weighted by molar-refractivity contribution is 5.42. The fourth-order valence-corrected chi connectivity index (χ4v) is 6.09. The fraction of sp³-hybridized carbons (Fsp3) is 0.294. The first-order valence-electron chi connectivity index (χ1n) is 14.0. The molecule has 0 bridgehead atoms. The SMILES string of the molecule is Oc1ccccc1C(CC[NH+]1CC[NH+](CCC(c2ccccc2)c2ccccc2O)CC1)c1ccccc1. The van der Waals surface area contributed by atoms with E-state index in [1.807, 2.05) is 24.3 Å². The summed E-state index contributed by atoms with van der Waals surface area (Å²) in [6, 6.07) is 36.8. The van der Waals surface area contributed by atoms with Crippen LogP contribution in [0, 0.1) is 0 Å². The second kappa shape index (κ2) is 12.8. The van der Waals surface area contributed by atoms with Crippen molar-refractivity contribution in [1.82, 2.24) is 0 Å². The topological polar surface area (TPSA) is 49.3 Å². The van der Waals surface area contributed by atoms with Crippen molar-refractivity contribution in [3.8, 4) is 11.5 Å². The van der Waals surface area contributed by atoms with Gasteiger partial charge >= 0.3 is 0 Å². The molecule has 0 radical (unpaired) electrons. The predicted molar refractivity (Wildman–Crippen MR) is 153 cm³/mol. The zero-order valence-corrected chi connectivity index (χ0v) is 22.1. The van der Waals surface area contributed by atoms with E-state index in [2.05, 4.69) is 72.8 Å². The van der Waals surface area contributed by atoms with Crippen LogP contribution in [0.1, 0.15) is 46.9 Å². The molecule has 1 aliphatic rings. The number of phenols is 2. The Labute approximate surface area is 226 Å². The Hall–Kier alpha value is -3.60. The second-order valence-corrected chi connectivity index (χ2v) is 10.6. The van der Waals surface area contributed by atoms with Gasteiger partial charge in [0.25, 0.3) is 0 Å². The standard InChI is InChI=1S/C34H38N2O2/c37-33-17-9-7-15-31(33)29(27-11-3-1-4-12-27)19-21-35-23-25-36(26-24-35)22-20-30(28-13-5-2-6-14-28)32-16-8-10-18-34(32)38/h1-18,29-30,37-38H,19-26H2/p+2. The fourth-order valence-electron chi connectivity index (χ4n) is 6.09. The number of para-hydroxylation sites is 2. The lowest BCUT2D eigenvalue weighted by atomic mass is 9.87. The van der Waals surface area contributed by atoms with Gasteiger partial charge in [0.1, 0.15) is 37.7 Å². The van der Waals surface area contributed by atoms with Crippen molar-refractivity contribution in [2.75, 3.05) is 39.3 Å². The van der Waals surface area contributed by atoms with Gasteiger partial charge in [-0.3, -0.25) is 0 Å². The summed E-state index contributed by atoms with van der Waals surface area (Å²) in [5.74, 6) is 1.20. The molecule has 1 saturated heterocycles. The largest absolute Gasteiger partial charge is 0.508 e. The van der Waals surface area contributed by atoms with E-state index in [1.165, 1.54) is 37.3 Å². The van der Waals surface area contributed by atoms with Crippen molar-refractivity contribution < 1.29 is 20.0 Å². The summed E-state index contributed by atoms with van der Waals surface area (Å²) >= 11 is 0. The quantitative estimate of drug-likeness (QED) is 0.265. The number of piperazine rings is 1. The van der Waals surface area contributed by atoms with Crippen molar-refractivity contribution in [3.05, 3.63) is 131 Å². The van der Waals surface area contributed by atoms with Gasteiger partial charge in [0.05, 0.1) is 13.1 Å². The molecule has 0 spiro atoms. The number of hydrogen-bond donors (Lipinski definition) is 4. The Morgan fingerprint density at radius 3 is 1.18 bits per heavy atom. The Bertz CT molecular complexity index is 1170. The maximum atomic E-state index is 10.6. The third kappa shape index (κ3) is 6.45. The third-order valence-corrected chi connectivity index (χ3v) is 8.27. The van der Waals surface area contributed by atoms with Gasteiger partial charge in [-0.1, -0.05) is 97.1 Å². The lowest BCUT2D eigenvalue weighted by Crippen LogP contribution is -3.28. The second-order valence-electron chi connectivity index (χ2n) is 10.6. The van der Waals surface area contributed by atoms with Gasteiger partial charge in [0.15, 0.2) is 0 Å². The zero-order valence-electron chi connectivity index (χ0n) is 22.1. The first kappa shape index (κ1) is 26.0. The minimum Gasteiger partial charge on any atom is -0.508 e. The van der Waals surface area contributed by atoms with E-state index in [0.717, 1.165) is 37.1 Å². The summed E-state index contributed by atoms with van der Waals surface area (Å²) in [5, 5.41) is 21.1. The molecule has 0 aromatic heterocycles. The summed E-state index contributed by atoms with van der Waals surface area (Å²) in [6.07, 6.45) is 2.05. The molecule has 1 aliphatic heterocycles. The van der Waals surface area contributed by atoms with Crippen LogP contribution in [-0.4, -0.2) is 49.5 Å². The van der Waals surface area contributed by atoms with E-state index in [-0.39, 0.29) is 11.8 Å². The zero-order chi connectivity index (χ0) is 26.2. The molecular formula is C34H40N2O2+2. The summed E-state index contributed by atoms with van der Waals surface area (Å²) in [6.45, 7) is 6.89. The lowest BCUT2D eigenvalue weighted by Gasteiger charge is -2.31. The van der Waals surface area contributed by atoms with Gasteiger partial charge in [0, 0.05) is 35.8 Å². The van der Waals surface area contributed by atoms with E-state index in [9.17, 15) is 10.2 Å². The molecule has 2 unspecified atom stereocenters. The van der Waals surface area contributed by atoms with Crippen LogP contribution in [0.25, 0.3) is 0 Å². The number of aromatic hydroxyl groups is 2. The van der Waals surface area contributed by atoms with Crippen LogP contribution in [0.3, 0.4) is 0 Å². The average Bonchev–Trinajstić information content (AvgIpc) is 2.97. The molecule has 4 aromatic carbocycles. The minimum absolute atomic E-state index is 0.209. The number of nitrogens with one attached hydrogen (secondary N) is 2. The average molecular weight is 509 g/mol. The molecule has 4 nitrogen and oxygen atoms in total. The highest BCUT2D eigenvalue weighted by atomic mass is 16.3. The molecule has 0 saturated carbocycles. The molecule has 196 valence electrons. The molecule has 4 N–H and O–H groups in total. The monoisotopic (exact) mass is 508 g/mol. The van der Waals surface area contributed by atoms with Gasteiger partial charge in [-0.05, 0) is 23.3 Å². The first-order valence-corrected chi connectivity index (χ1v) is 14.0. The summed E-state index contributed by atoms with van der Waals surface area (Å²) in [5.41, 5.74) is 4.60. The van der Waals surface area contributed by atoms with Crippen LogP contribution in [0.5, 0.6) is 11.5 Å². The van der Waals surface area contributed by atoms with Gasteiger partial charge in [-0.2, -0.15) is 0 Å². The Kier molecular flexibility index (Phi) is 8.75. The summed E-state index contributed by atoms with van der Waals surface area (Å²) in [4.78, 5) is 3.32. The van der Waals surface area contributed by atoms with E-state index < -0.39 is 0 Å². The molecule has 2 atom stereocenters. The van der Waals surface area contributed by atoms with E-state index in [0.29, 0.717) is 11.5 Å². The molecule has 0 aliphatic carbocycles. The predicted octanol–water partition coefficient (Wildman–Crippen LogP) is 3.63. The van der Waals surface area contributed by atoms with Crippen LogP contribution in [0.4, 0.5) is 0 Å². The maximum absolute atomic E-state index is 10.6. The van der Waals surface area contributed by atoms with Gasteiger partial charge in [-0.25, -0.2) is 0 Å².